The molecule has 1 atom stereocenters. The van der Waals surface area contributed by atoms with Crippen LogP contribution in [-0.2, 0) is 28.6 Å². The first-order chi connectivity index (χ1) is 29.5. The predicted octanol–water partition coefficient (Wildman–Crippen LogP) is 16.9. The van der Waals surface area contributed by atoms with E-state index in [1.807, 2.05) is 0 Å². The first-order valence-corrected chi connectivity index (χ1v) is 26.0. The van der Waals surface area contributed by atoms with E-state index in [0.29, 0.717) is 19.3 Å². The molecule has 0 aliphatic heterocycles. The minimum atomic E-state index is -0.778. The Morgan fingerprint density at radius 3 is 0.983 bits per heavy atom. The van der Waals surface area contributed by atoms with E-state index in [2.05, 4.69) is 57.2 Å². The van der Waals surface area contributed by atoms with Crippen LogP contribution in [-0.4, -0.2) is 37.2 Å². The lowest BCUT2D eigenvalue weighted by Crippen LogP contribution is -2.30. The number of esters is 3. The number of allylic oxidation sites excluding steroid dienone is 6. The molecule has 0 aromatic heterocycles. The highest BCUT2D eigenvalue weighted by atomic mass is 16.6. The van der Waals surface area contributed by atoms with Crippen molar-refractivity contribution in [2.45, 2.75) is 277 Å². The van der Waals surface area contributed by atoms with Crippen molar-refractivity contribution in [1.29, 1.82) is 0 Å². The van der Waals surface area contributed by atoms with Crippen molar-refractivity contribution >= 4 is 17.9 Å². The molecule has 60 heavy (non-hydrogen) atoms. The van der Waals surface area contributed by atoms with Crippen LogP contribution in [0.4, 0.5) is 0 Å². The number of carbonyl (C=O) groups is 3. The highest BCUT2D eigenvalue weighted by molar-refractivity contribution is 5.71. The summed E-state index contributed by atoms with van der Waals surface area (Å²) in [5.41, 5.74) is 0. The summed E-state index contributed by atoms with van der Waals surface area (Å²) >= 11 is 0. The number of hydrogen-bond acceptors (Lipinski definition) is 6. The predicted molar refractivity (Wildman–Crippen MR) is 256 cm³/mol. The van der Waals surface area contributed by atoms with Gasteiger partial charge in [-0.15, -0.1) is 0 Å². The van der Waals surface area contributed by atoms with Gasteiger partial charge in [0.1, 0.15) is 13.2 Å². The lowest BCUT2D eigenvalue weighted by molar-refractivity contribution is -0.167. The van der Waals surface area contributed by atoms with Crippen molar-refractivity contribution in [3.05, 3.63) is 36.5 Å². The summed E-state index contributed by atoms with van der Waals surface area (Å²) in [4.78, 5) is 37.9. The Balaban J connectivity index is 4.34. The maximum absolute atomic E-state index is 12.8. The van der Waals surface area contributed by atoms with Crippen LogP contribution in [0.5, 0.6) is 0 Å². The van der Waals surface area contributed by atoms with Crippen molar-refractivity contribution in [2.75, 3.05) is 13.2 Å². The Hall–Kier alpha value is -2.37. The smallest absolute Gasteiger partial charge is 0.306 e. The summed E-state index contributed by atoms with van der Waals surface area (Å²) < 4.78 is 16.8. The fourth-order valence-corrected chi connectivity index (χ4v) is 7.38. The summed E-state index contributed by atoms with van der Waals surface area (Å²) in [7, 11) is 0. The minimum Gasteiger partial charge on any atom is -0.462 e. The standard InChI is InChI=1S/C54H98O6/c1-4-7-10-13-16-19-22-24-26-27-28-30-32-35-38-41-44-47-53(56)59-50-51(49-58-52(55)46-43-40-37-34-31-21-18-15-12-9-6-3)60-54(57)48-45-42-39-36-33-29-25-23-20-17-14-11-8-5-2/h14-15,17-18,23,25,51H,4-13,16,19-22,24,26-50H2,1-3H3/b17-14-,18-15-,25-23-/t51-/m1/s1. The van der Waals surface area contributed by atoms with E-state index < -0.39 is 6.10 Å². The van der Waals surface area contributed by atoms with Gasteiger partial charge in [-0.3, -0.25) is 14.4 Å². The zero-order chi connectivity index (χ0) is 43.7. The Morgan fingerprint density at radius 1 is 0.333 bits per heavy atom. The first kappa shape index (κ1) is 57.6. The fourth-order valence-electron chi connectivity index (χ4n) is 7.38. The van der Waals surface area contributed by atoms with Crippen LogP contribution < -0.4 is 0 Å². The zero-order valence-electron chi connectivity index (χ0n) is 40.0. The molecule has 350 valence electrons. The van der Waals surface area contributed by atoms with E-state index >= 15 is 0 Å². The Labute approximate surface area is 372 Å². The molecule has 0 aromatic rings. The van der Waals surface area contributed by atoms with Crippen molar-refractivity contribution in [3.8, 4) is 0 Å². The summed E-state index contributed by atoms with van der Waals surface area (Å²) in [6.45, 7) is 6.56. The van der Waals surface area contributed by atoms with E-state index in [9.17, 15) is 14.4 Å². The van der Waals surface area contributed by atoms with Crippen LogP contribution >= 0.6 is 0 Å². The molecule has 0 heterocycles. The summed E-state index contributed by atoms with van der Waals surface area (Å²) in [5.74, 6) is -0.892. The maximum Gasteiger partial charge on any atom is 0.306 e. The quantitative estimate of drug-likeness (QED) is 0.0263. The molecule has 0 bridgehead atoms. The van der Waals surface area contributed by atoms with Gasteiger partial charge >= 0.3 is 17.9 Å². The van der Waals surface area contributed by atoms with Gasteiger partial charge in [0.2, 0.25) is 0 Å². The van der Waals surface area contributed by atoms with Crippen LogP contribution in [0.3, 0.4) is 0 Å². The maximum atomic E-state index is 12.8. The molecule has 0 rings (SSSR count). The van der Waals surface area contributed by atoms with Crippen LogP contribution in [0.1, 0.15) is 271 Å². The second-order valence-corrected chi connectivity index (χ2v) is 17.4. The van der Waals surface area contributed by atoms with Crippen LogP contribution in [0.2, 0.25) is 0 Å². The number of rotatable bonds is 47. The van der Waals surface area contributed by atoms with E-state index in [-0.39, 0.29) is 31.1 Å². The van der Waals surface area contributed by atoms with Crippen LogP contribution in [0.15, 0.2) is 36.5 Å². The van der Waals surface area contributed by atoms with Gasteiger partial charge in [-0.25, -0.2) is 0 Å². The molecule has 6 nitrogen and oxygen atoms in total. The summed E-state index contributed by atoms with van der Waals surface area (Å²) in [6.07, 6.45) is 57.0. The molecule has 0 aromatic carbocycles. The first-order valence-electron chi connectivity index (χ1n) is 26.0. The highest BCUT2D eigenvalue weighted by Gasteiger charge is 2.19. The normalized spacial score (nSPS) is 12.2. The van der Waals surface area contributed by atoms with Gasteiger partial charge < -0.3 is 14.2 Å². The van der Waals surface area contributed by atoms with Gasteiger partial charge in [-0.1, -0.05) is 224 Å². The molecule has 0 amide bonds. The number of ether oxygens (including phenoxy) is 3. The average molecular weight is 843 g/mol. The molecule has 0 aliphatic rings. The molecular formula is C54H98O6. The molecule has 0 spiro atoms. The third-order valence-electron chi connectivity index (χ3n) is 11.4. The van der Waals surface area contributed by atoms with Gasteiger partial charge in [-0.2, -0.15) is 0 Å². The molecule has 0 saturated carbocycles. The average Bonchev–Trinajstić information content (AvgIpc) is 3.24. The second kappa shape index (κ2) is 49.3. The molecule has 6 heteroatoms. The number of hydrogen-bond donors (Lipinski definition) is 0. The molecule has 0 radical (unpaired) electrons. The third kappa shape index (κ3) is 46.7. The van der Waals surface area contributed by atoms with Crippen molar-refractivity contribution < 1.29 is 28.6 Å². The third-order valence-corrected chi connectivity index (χ3v) is 11.4. The van der Waals surface area contributed by atoms with Crippen molar-refractivity contribution in [3.63, 3.8) is 0 Å². The van der Waals surface area contributed by atoms with Gasteiger partial charge in [0.25, 0.3) is 0 Å². The van der Waals surface area contributed by atoms with Gasteiger partial charge in [-0.05, 0) is 64.2 Å². The van der Waals surface area contributed by atoms with Gasteiger partial charge in [0.05, 0.1) is 0 Å². The Kier molecular flexibility index (Phi) is 47.3. The molecule has 0 aliphatic carbocycles. The minimum absolute atomic E-state index is 0.0776. The van der Waals surface area contributed by atoms with E-state index in [0.717, 1.165) is 89.9 Å². The Morgan fingerprint density at radius 2 is 0.617 bits per heavy atom. The van der Waals surface area contributed by atoms with Gasteiger partial charge in [0.15, 0.2) is 6.10 Å². The molecule has 0 unspecified atom stereocenters. The second-order valence-electron chi connectivity index (χ2n) is 17.4. The van der Waals surface area contributed by atoms with Crippen molar-refractivity contribution in [1.82, 2.24) is 0 Å². The topological polar surface area (TPSA) is 78.9 Å². The van der Waals surface area contributed by atoms with Gasteiger partial charge in [0, 0.05) is 19.3 Å². The zero-order valence-corrected chi connectivity index (χ0v) is 40.0. The molecule has 0 N–H and O–H groups in total. The van der Waals surface area contributed by atoms with E-state index in [4.69, 9.17) is 14.2 Å². The number of carbonyl (C=O) groups excluding carboxylic acids is 3. The Bertz CT molecular complexity index is 1020. The summed E-state index contributed by atoms with van der Waals surface area (Å²) in [6, 6.07) is 0. The van der Waals surface area contributed by atoms with Crippen molar-refractivity contribution in [2.24, 2.45) is 0 Å². The largest absolute Gasteiger partial charge is 0.462 e. The molecule has 0 fully saturated rings. The number of unbranched alkanes of at least 4 members (excludes halogenated alkanes) is 30. The van der Waals surface area contributed by atoms with E-state index in [1.165, 1.54) is 141 Å². The summed E-state index contributed by atoms with van der Waals surface area (Å²) in [5, 5.41) is 0. The van der Waals surface area contributed by atoms with E-state index in [1.54, 1.807) is 0 Å². The molecule has 0 saturated heterocycles. The van der Waals surface area contributed by atoms with Crippen LogP contribution in [0.25, 0.3) is 0 Å². The lowest BCUT2D eigenvalue weighted by Gasteiger charge is -2.18. The fraction of sp³-hybridized carbons (Fsp3) is 0.833. The lowest BCUT2D eigenvalue weighted by atomic mass is 10.0. The highest BCUT2D eigenvalue weighted by Crippen LogP contribution is 2.16. The van der Waals surface area contributed by atoms with Crippen LogP contribution in [0, 0.1) is 0 Å². The monoisotopic (exact) mass is 843 g/mol. The SMILES string of the molecule is CCCC/C=C\C/C=C\CCCCCCCC(=O)O[C@H](COC(=O)CCCCCCC/C=C\CCCC)COC(=O)CCCCCCCCCCCCCCCCCCC. The molecular weight excluding hydrogens is 745 g/mol.